The van der Waals surface area contributed by atoms with Crippen molar-refractivity contribution in [3.05, 3.63) is 57.9 Å². The number of alkyl halides is 3. The van der Waals surface area contributed by atoms with Crippen LogP contribution in [-0.2, 0) is 11.3 Å². The van der Waals surface area contributed by atoms with E-state index in [1.165, 1.54) is 19.2 Å². The molecular formula is C22H26F3N3O4. The average molecular weight is 453 g/mol. The normalized spacial score (nSPS) is 12.5. The molecule has 0 saturated carbocycles. The molecule has 1 amide bonds. The Morgan fingerprint density at radius 2 is 1.75 bits per heavy atom. The van der Waals surface area contributed by atoms with Crippen LogP contribution in [0.15, 0.2) is 24.3 Å². The number of aromatic amines is 1. The van der Waals surface area contributed by atoms with E-state index in [4.69, 9.17) is 4.74 Å². The SMILES string of the molecule is COC(=O)c1c(C)[nH]c(C(=O)C(C)N(C)Cc2ccc(C(=O)NCC(F)(F)F)cc2)c1C. The molecule has 0 aliphatic carbocycles. The molecule has 0 radical (unpaired) electrons. The van der Waals surface area contributed by atoms with E-state index in [9.17, 15) is 27.6 Å². The van der Waals surface area contributed by atoms with Gasteiger partial charge in [0.15, 0.2) is 5.78 Å². The molecular weight excluding hydrogens is 427 g/mol. The zero-order chi connectivity index (χ0) is 24.2. The van der Waals surface area contributed by atoms with Gasteiger partial charge in [0.2, 0.25) is 0 Å². The van der Waals surface area contributed by atoms with E-state index in [1.807, 2.05) is 5.32 Å². The molecule has 1 aromatic heterocycles. The summed E-state index contributed by atoms with van der Waals surface area (Å²) in [5.74, 6) is -1.54. The molecule has 1 aromatic carbocycles. The van der Waals surface area contributed by atoms with Gasteiger partial charge in [0, 0.05) is 17.8 Å². The zero-order valence-electron chi connectivity index (χ0n) is 18.5. The minimum absolute atomic E-state index is 0.109. The van der Waals surface area contributed by atoms with Gasteiger partial charge in [0.25, 0.3) is 5.91 Å². The number of nitrogens with zero attached hydrogens (tertiary/aromatic N) is 1. The molecule has 1 unspecified atom stereocenters. The Balaban J connectivity index is 2.06. The van der Waals surface area contributed by atoms with Crippen molar-refractivity contribution < 1.29 is 32.3 Å². The van der Waals surface area contributed by atoms with Crippen LogP contribution in [0, 0.1) is 13.8 Å². The smallest absolute Gasteiger partial charge is 0.405 e. The first-order chi connectivity index (χ1) is 14.9. The molecule has 0 aliphatic rings. The number of benzene rings is 1. The summed E-state index contributed by atoms with van der Waals surface area (Å²) in [6, 6.07) is 5.57. The van der Waals surface area contributed by atoms with Crippen molar-refractivity contribution in [2.45, 2.75) is 39.5 Å². The third-order valence-corrected chi connectivity index (χ3v) is 5.21. The molecule has 174 valence electrons. The number of carbonyl (C=O) groups excluding carboxylic acids is 3. The number of amides is 1. The number of rotatable bonds is 8. The molecule has 2 N–H and O–H groups in total. The van der Waals surface area contributed by atoms with E-state index < -0.39 is 30.6 Å². The predicted molar refractivity (Wildman–Crippen MR) is 112 cm³/mol. The van der Waals surface area contributed by atoms with E-state index in [0.29, 0.717) is 29.1 Å². The van der Waals surface area contributed by atoms with E-state index in [1.54, 1.807) is 44.9 Å². The topological polar surface area (TPSA) is 91.5 Å². The zero-order valence-corrected chi connectivity index (χ0v) is 18.5. The Morgan fingerprint density at radius 3 is 2.28 bits per heavy atom. The molecule has 10 heteroatoms. The number of halogens is 3. The van der Waals surface area contributed by atoms with Crippen LogP contribution in [0.25, 0.3) is 0 Å². The van der Waals surface area contributed by atoms with E-state index >= 15 is 0 Å². The van der Waals surface area contributed by atoms with Gasteiger partial charge in [-0.2, -0.15) is 13.2 Å². The lowest BCUT2D eigenvalue weighted by Crippen LogP contribution is -2.36. The number of H-pyrrole nitrogens is 1. The van der Waals surface area contributed by atoms with Crippen molar-refractivity contribution in [2.75, 3.05) is 20.7 Å². The first-order valence-electron chi connectivity index (χ1n) is 9.81. The molecule has 0 fully saturated rings. The second-order valence-corrected chi connectivity index (χ2v) is 7.57. The largest absolute Gasteiger partial charge is 0.465 e. The number of hydrogen-bond acceptors (Lipinski definition) is 5. The Hall–Kier alpha value is -3.14. The molecule has 32 heavy (non-hydrogen) atoms. The number of ether oxygens (including phenoxy) is 1. The summed E-state index contributed by atoms with van der Waals surface area (Å²) in [5.41, 5.74) is 2.62. The Bertz CT molecular complexity index is 997. The van der Waals surface area contributed by atoms with E-state index in [-0.39, 0.29) is 11.3 Å². The summed E-state index contributed by atoms with van der Waals surface area (Å²) in [7, 11) is 3.02. The predicted octanol–water partition coefficient (Wildman–Crippen LogP) is 3.41. The van der Waals surface area contributed by atoms with Crippen molar-refractivity contribution in [3.8, 4) is 0 Å². The number of esters is 1. The van der Waals surface area contributed by atoms with Crippen molar-refractivity contribution in [1.82, 2.24) is 15.2 Å². The highest BCUT2D eigenvalue weighted by molar-refractivity contribution is 6.03. The van der Waals surface area contributed by atoms with Gasteiger partial charge in [-0.3, -0.25) is 14.5 Å². The molecule has 2 aromatic rings. The Kier molecular flexibility index (Phi) is 7.84. The van der Waals surface area contributed by atoms with Crippen LogP contribution in [-0.4, -0.2) is 60.5 Å². The summed E-state index contributed by atoms with van der Waals surface area (Å²) >= 11 is 0. The fraction of sp³-hybridized carbons (Fsp3) is 0.409. The highest BCUT2D eigenvalue weighted by Crippen LogP contribution is 2.21. The molecule has 0 saturated heterocycles. The van der Waals surface area contributed by atoms with E-state index in [0.717, 1.165) is 5.56 Å². The average Bonchev–Trinajstić information content (AvgIpc) is 3.04. The van der Waals surface area contributed by atoms with Crippen LogP contribution in [0.2, 0.25) is 0 Å². The fourth-order valence-corrected chi connectivity index (χ4v) is 3.28. The number of likely N-dealkylation sites (N-methyl/N-ethyl adjacent to an activating group) is 1. The molecule has 2 rings (SSSR count). The first-order valence-corrected chi connectivity index (χ1v) is 9.81. The Morgan fingerprint density at radius 1 is 1.16 bits per heavy atom. The number of Topliss-reactive ketones (excluding diaryl/α,β-unsaturated/α-hetero) is 1. The molecule has 0 bridgehead atoms. The number of hydrogen-bond donors (Lipinski definition) is 2. The third-order valence-electron chi connectivity index (χ3n) is 5.21. The highest BCUT2D eigenvalue weighted by atomic mass is 19.4. The van der Waals surface area contributed by atoms with Crippen LogP contribution in [0.3, 0.4) is 0 Å². The first kappa shape index (κ1) is 25.1. The van der Waals surface area contributed by atoms with Gasteiger partial charge >= 0.3 is 12.1 Å². The van der Waals surface area contributed by atoms with Crippen LogP contribution in [0.4, 0.5) is 13.2 Å². The van der Waals surface area contributed by atoms with Gasteiger partial charge in [0.1, 0.15) is 6.54 Å². The number of methoxy groups -OCH3 is 1. The molecule has 0 aliphatic heterocycles. The number of carbonyl (C=O) groups is 3. The van der Waals surface area contributed by atoms with Crippen LogP contribution in [0.5, 0.6) is 0 Å². The highest BCUT2D eigenvalue weighted by Gasteiger charge is 2.28. The monoisotopic (exact) mass is 453 g/mol. The number of aryl methyl sites for hydroxylation is 1. The van der Waals surface area contributed by atoms with Gasteiger partial charge in [-0.15, -0.1) is 0 Å². The summed E-state index contributed by atoms with van der Waals surface area (Å²) in [5, 5.41) is 1.82. The van der Waals surface area contributed by atoms with Crippen LogP contribution >= 0.6 is 0 Å². The van der Waals surface area contributed by atoms with Crippen molar-refractivity contribution >= 4 is 17.7 Å². The quantitative estimate of drug-likeness (QED) is 0.472. The molecule has 1 atom stereocenters. The third kappa shape index (κ3) is 5.97. The maximum absolute atomic E-state index is 13.0. The van der Waals surface area contributed by atoms with Gasteiger partial charge < -0.3 is 15.0 Å². The number of aromatic nitrogens is 1. The van der Waals surface area contributed by atoms with Gasteiger partial charge in [-0.05, 0) is 51.1 Å². The summed E-state index contributed by atoms with van der Waals surface area (Å²) in [4.78, 5) is 41.5. The summed E-state index contributed by atoms with van der Waals surface area (Å²) in [6.07, 6.45) is -4.48. The lowest BCUT2D eigenvalue weighted by Gasteiger charge is -2.23. The molecule has 7 nitrogen and oxygen atoms in total. The van der Waals surface area contributed by atoms with Gasteiger partial charge in [-0.1, -0.05) is 12.1 Å². The van der Waals surface area contributed by atoms with Crippen molar-refractivity contribution in [1.29, 1.82) is 0 Å². The van der Waals surface area contributed by atoms with Crippen molar-refractivity contribution in [3.63, 3.8) is 0 Å². The van der Waals surface area contributed by atoms with Gasteiger partial charge in [-0.25, -0.2) is 4.79 Å². The number of ketones is 1. The molecule has 0 spiro atoms. The second kappa shape index (κ2) is 9.99. The maximum Gasteiger partial charge on any atom is 0.405 e. The standard InChI is InChI=1S/C22H26F3N3O4/c1-12-17(21(31)32-5)13(2)27-18(12)19(29)14(3)28(4)10-15-6-8-16(9-7-15)20(30)26-11-22(23,24)25/h6-9,14,27H,10-11H2,1-5H3,(H,26,30). The minimum Gasteiger partial charge on any atom is -0.465 e. The lowest BCUT2D eigenvalue weighted by atomic mass is 10.0. The van der Waals surface area contributed by atoms with Gasteiger partial charge in [0.05, 0.1) is 24.4 Å². The van der Waals surface area contributed by atoms with E-state index in [2.05, 4.69) is 4.98 Å². The second-order valence-electron chi connectivity index (χ2n) is 7.57. The fourth-order valence-electron chi connectivity index (χ4n) is 3.28. The Labute approximate surface area is 183 Å². The number of nitrogens with one attached hydrogen (secondary N) is 2. The molecule has 1 heterocycles. The maximum atomic E-state index is 13.0. The summed E-state index contributed by atoms with van der Waals surface area (Å²) in [6.45, 7) is 4.06. The van der Waals surface area contributed by atoms with Crippen LogP contribution in [0.1, 0.15) is 54.9 Å². The lowest BCUT2D eigenvalue weighted by molar-refractivity contribution is -0.123. The minimum atomic E-state index is -4.48. The summed E-state index contributed by atoms with van der Waals surface area (Å²) < 4.78 is 41.5. The van der Waals surface area contributed by atoms with Crippen LogP contribution < -0.4 is 5.32 Å². The van der Waals surface area contributed by atoms with Crippen molar-refractivity contribution in [2.24, 2.45) is 0 Å².